The first-order valence-electron chi connectivity index (χ1n) is 7.08. The molecule has 0 saturated carbocycles. The maximum atomic E-state index is 12.1. The molecule has 0 radical (unpaired) electrons. The SMILES string of the molecule is CCCNS(=O)(=O)N1CCCC(Oc2ccccc2)C1. The zero-order chi connectivity index (χ0) is 14.4. The van der Waals surface area contributed by atoms with Crippen molar-refractivity contribution in [3.05, 3.63) is 30.3 Å². The number of para-hydroxylation sites is 1. The van der Waals surface area contributed by atoms with Crippen LogP contribution in [0.4, 0.5) is 0 Å². The van der Waals surface area contributed by atoms with Crippen LogP contribution in [0.5, 0.6) is 5.75 Å². The molecule has 112 valence electrons. The molecular weight excluding hydrogens is 276 g/mol. The number of piperidine rings is 1. The Bertz CT molecular complexity index is 504. The molecule has 0 spiro atoms. The van der Waals surface area contributed by atoms with Crippen LogP contribution in [-0.4, -0.2) is 38.5 Å². The first-order chi connectivity index (χ1) is 9.62. The van der Waals surface area contributed by atoms with Gasteiger partial charge in [0.25, 0.3) is 10.2 Å². The zero-order valence-corrected chi connectivity index (χ0v) is 12.6. The van der Waals surface area contributed by atoms with Gasteiger partial charge < -0.3 is 4.74 Å². The number of hydrogen-bond donors (Lipinski definition) is 1. The Hall–Kier alpha value is -1.11. The molecule has 0 aromatic heterocycles. The fourth-order valence-electron chi connectivity index (χ4n) is 2.23. The van der Waals surface area contributed by atoms with Crippen molar-refractivity contribution < 1.29 is 13.2 Å². The molecule has 1 aromatic rings. The molecule has 1 aliphatic heterocycles. The number of benzene rings is 1. The van der Waals surface area contributed by atoms with E-state index in [4.69, 9.17) is 4.74 Å². The Morgan fingerprint density at radius 2 is 2.10 bits per heavy atom. The van der Waals surface area contributed by atoms with Crippen molar-refractivity contribution in [2.75, 3.05) is 19.6 Å². The zero-order valence-electron chi connectivity index (χ0n) is 11.8. The maximum absolute atomic E-state index is 12.1. The van der Waals surface area contributed by atoms with E-state index in [9.17, 15) is 8.42 Å². The van der Waals surface area contributed by atoms with Gasteiger partial charge in [0.2, 0.25) is 0 Å². The smallest absolute Gasteiger partial charge is 0.279 e. The molecule has 2 rings (SSSR count). The lowest BCUT2D eigenvalue weighted by Gasteiger charge is -2.32. The lowest BCUT2D eigenvalue weighted by atomic mass is 10.1. The molecule has 1 heterocycles. The van der Waals surface area contributed by atoms with Crippen LogP contribution in [0.2, 0.25) is 0 Å². The van der Waals surface area contributed by atoms with E-state index < -0.39 is 10.2 Å². The predicted octanol–water partition coefficient (Wildman–Crippen LogP) is 1.77. The van der Waals surface area contributed by atoms with E-state index in [1.807, 2.05) is 37.3 Å². The topological polar surface area (TPSA) is 58.6 Å². The van der Waals surface area contributed by atoms with Crippen LogP contribution in [0.3, 0.4) is 0 Å². The lowest BCUT2D eigenvalue weighted by molar-refractivity contribution is 0.129. The van der Waals surface area contributed by atoms with Gasteiger partial charge in [0.15, 0.2) is 0 Å². The summed E-state index contributed by atoms with van der Waals surface area (Å²) in [6.45, 7) is 3.39. The average Bonchev–Trinajstić information content (AvgIpc) is 2.47. The summed E-state index contributed by atoms with van der Waals surface area (Å²) in [7, 11) is -3.37. The van der Waals surface area contributed by atoms with Crippen LogP contribution in [0.25, 0.3) is 0 Å². The van der Waals surface area contributed by atoms with Gasteiger partial charge in [-0.05, 0) is 31.4 Å². The monoisotopic (exact) mass is 298 g/mol. The van der Waals surface area contributed by atoms with E-state index in [1.165, 1.54) is 4.31 Å². The molecule has 1 aliphatic rings. The fourth-order valence-corrected chi connectivity index (χ4v) is 3.61. The molecule has 5 nitrogen and oxygen atoms in total. The number of rotatable bonds is 6. The number of nitrogens with zero attached hydrogens (tertiary/aromatic N) is 1. The van der Waals surface area contributed by atoms with Crippen molar-refractivity contribution in [3.8, 4) is 5.75 Å². The third kappa shape index (κ3) is 4.19. The molecule has 0 amide bonds. The average molecular weight is 298 g/mol. The predicted molar refractivity (Wildman–Crippen MR) is 78.9 cm³/mol. The van der Waals surface area contributed by atoms with E-state index in [2.05, 4.69) is 4.72 Å². The van der Waals surface area contributed by atoms with Crippen LogP contribution in [-0.2, 0) is 10.2 Å². The minimum atomic E-state index is -3.37. The first-order valence-corrected chi connectivity index (χ1v) is 8.52. The Kier molecular flexibility index (Phi) is 5.39. The quantitative estimate of drug-likeness (QED) is 0.871. The van der Waals surface area contributed by atoms with E-state index in [0.29, 0.717) is 19.6 Å². The summed E-state index contributed by atoms with van der Waals surface area (Å²) >= 11 is 0. The largest absolute Gasteiger partial charge is 0.489 e. The number of nitrogens with one attached hydrogen (secondary N) is 1. The standard InChI is InChI=1S/C14H22N2O3S/c1-2-10-15-20(17,18)16-11-6-9-14(12-16)19-13-7-4-3-5-8-13/h3-5,7-8,14-15H,2,6,9-12H2,1H3. The first kappa shape index (κ1) is 15.3. The van der Waals surface area contributed by atoms with Crippen LogP contribution in [0.15, 0.2) is 30.3 Å². The molecule has 1 aromatic carbocycles. The van der Waals surface area contributed by atoms with Gasteiger partial charge in [-0.3, -0.25) is 0 Å². The summed E-state index contributed by atoms with van der Waals surface area (Å²) in [6, 6.07) is 9.54. The van der Waals surface area contributed by atoms with E-state index in [0.717, 1.165) is 25.0 Å². The van der Waals surface area contributed by atoms with E-state index >= 15 is 0 Å². The van der Waals surface area contributed by atoms with Gasteiger partial charge in [-0.25, -0.2) is 4.72 Å². The molecule has 6 heteroatoms. The van der Waals surface area contributed by atoms with Gasteiger partial charge >= 0.3 is 0 Å². The minimum Gasteiger partial charge on any atom is -0.489 e. The summed E-state index contributed by atoms with van der Waals surface area (Å²) in [5.41, 5.74) is 0. The molecule has 0 bridgehead atoms. The second-order valence-corrected chi connectivity index (χ2v) is 6.71. The lowest BCUT2D eigenvalue weighted by Crippen LogP contribution is -2.49. The maximum Gasteiger partial charge on any atom is 0.279 e. The summed E-state index contributed by atoms with van der Waals surface area (Å²) in [5, 5.41) is 0. The Morgan fingerprint density at radius 3 is 2.80 bits per heavy atom. The highest BCUT2D eigenvalue weighted by Crippen LogP contribution is 2.19. The van der Waals surface area contributed by atoms with Crippen molar-refractivity contribution in [1.82, 2.24) is 9.03 Å². The molecule has 1 atom stereocenters. The summed E-state index contributed by atoms with van der Waals surface area (Å²) in [5.74, 6) is 0.790. The minimum absolute atomic E-state index is 0.0793. The van der Waals surface area contributed by atoms with Crippen molar-refractivity contribution in [3.63, 3.8) is 0 Å². The van der Waals surface area contributed by atoms with Crippen molar-refractivity contribution >= 4 is 10.2 Å². The number of hydrogen-bond acceptors (Lipinski definition) is 3. The normalized spacial score (nSPS) is 20.8. The third-order valence-corrected chi connectivity index (χ3v) is 4.84. The van der Waals surface area contributed by atoms with Crippen LogP contribution in [0.1, 0.15) is 26.2 Å². The molecule has 0 aliphatic carbocycles. The molecule has 1 fully saturated rings. The van der Waals surface area contributed by atoms with E-state index in [1.54, 1.807) is 0 Å². The highest BCUT2D eigenvalue weighted by atomic mass is 32.2. The number of ether oxygens (including phenoxy) is 1. The summed E-state index contributed by atoms with van der Waals surface area (Å²) < 4.78 is 34.1. The molecule has 1 unspecified atom stereocenters. The van der Waals surface area contributed by atoms with Gasteiger partial charge in [-0.2, -0.15) is 12.7 Å². The van der Waals surface area contributed by atoms with Crippen LogP contribution >= 0.6 is 0 Å². The van der Waals surface area contributed by atoms with Crippen molar-refractivity contribution in [2.45, 2.75) is 32.3 Å². The second kappa shape index (κ2) is 7.06. The van der Waals surface area contributed by atoms with E-state index in [-0.39, 0.29) is 6.10 Å². The highest BCUT2D eigenvalue weighted by Gasteiger charge is 2.29. The molecule has 1 N–H and O–H groups in total. The van der Waals surface area contributed by atoms with Gasteiger partial charge in [-0.1, -0.05) is 25.1 Å². The van der Waals surface area contributed by atoms with Crippen LogP contribution in [0, 0.1) is 0 Å². The molecule has 20 heavy (non-hydrogen) atoms. The third-order valence-electron chi connectivity index (χ3n) is 3.26. The highest BCUT2D eigenvalue weighted by molar-refractivity contribution is 7.87. The summed E-state index contributed by atoms with van der Waals surface area (Å²) in [6.07, 6.45) is 2.42. The van der Waals surface area contributed by atoms with Gasteiger partial charge in [0, 0.05) is 13.1 Å². The van der Waals surface area contributed by atoms with Crippen molar-refractivity contribution in [2.24, 2.45) is 0 Å². The van der Waals surface area contributed by atoms with Crippen LogP contribution < -0.4 is 9.46 Å². The van der Waals surface area contributed by atoms with Gasteiger partial charge in [-0.15, -0.1) is 0 Å². The Morgan fingerprint density at radius 1 is 1.35 bits per heavy atom. The Balaban J connectivity index is 1.95. The van der Waals surface area contributed by atoms with Crippen molar-refractivity contribution in [1.29, 1.82) is 0 Å². The molecule has 1 saturated heterocycles. The fraction of sp³-hybridized carbons (Fsp3) is 0.571. The van der Waals surface area contributed by atoms with Gasteiger partial charge in [0.05, 0.1) is 6.54 Å². The van der Waals surface area contributed by atoms with Gasteiger partial charge in [0.1, 0.15) is 11.9 Å². The Labute approximate surface area is 121 Å². The second-order valence-electron chi connectivity index (χ2n) is 4.95. The summed E-state index contributed by atoms with van der Waals surface area (Å²) in [4.78, 5) is 0. The molecular formula is C14H22N2O3S.